The number of unbranched alkanes of at least 4 members (excludes halogenated alkanes) is 1. The Labute approximate surface area is 95.4 Å². The van der Waals surface area contributed by atoms with E-state index < -0.39 is 11.4 Å². The van der Waals surface area contributed by atoms with Crippen LogP contribution in [0.5, 0.6) is 0 Å². The zero-order valence-electron chi connectivity index (χ0n) is 8.71. The zero-order valence-corrected chi connectivity index (χ0v) is 11.0. The number of rotatable bonds is 6. The van der Waals surface area contributed by atoms with Crippen molar-refractivity contribution in [2.45, 2.75) is 52.9 Å². The van der Waals surface area contributed by atoms with E-state index in [9.17, 15) is 4.79 Å². The molecular formula is C10H20O2Pt. The van der Waals surface area contributed by atoms with Crippen LogP contribution in [-0.4, -0.2) is 11.1 Å². The maximum absolute atomic E-state index is 11.0. The van der Waals surface area contributed by atoms with Gasteiger partial charge in [-0.2, -0.15) is 0 Å². The fraction of sp³-hybridized carbons (Fsp3) is 0.900. The SMILES string of the molecule is CCCCC(CC)(CC)C(=O)O.[Pt]. The summed E-state index contributed by atoms with van der Waals surface area (Å²) in [6.45, 7) is 6.03. The summed E-state index contributed by atoms with van der Waals surface area (Å²) in [5.41, 5.74) is -0.448. The fourth-order valence-corrected chi connectivity index (χ4v) is 1.53. The smallest absolute Gasteiger partial charge is 0.309 e. The Morgan fingerprint density at radius 1 is 1.23 bits per heavy atom. The Morgan fingerprint density at radius 3 is 1.92 bits per heavy atom. The molecule has 1 N–H and O–H groups in total. The summed E-state index contributed by atoms with van der Waals surface area (Å²) in [6, 6.07) is 0. The van der Waals surface area contributed by atoms with Crippen LogP contribution < -0.4 is 0 Å². The largest absolute Gasteiger partial charge is 0.481 e. The van der Waals surface area contributed by atoms with Gasteiger partial charge in [-0.1, -0.05) is 33.6 Å². The summed E-state index contributed by atoms with van der Waals surface area (Å²) < 4.78 is 0. The van der Waals surface area contributed by atoms with Crippen molar-refractivity contribution in [1.82, 2.24) is 0 Å². The second kappa shape index (κ2) is 7.55. The van der Waals surface area contributed by atoms with Crippen LogP contribution in [0.4, 0.5) is 0 Å². The minimum Gasteiger partial charge on any atom is -0.481 e. The van der Waals surface area contributed by atoms with Gasteiger partial charge in [-0.3, -0.25) is 4.79 Å². The van der Waals surface area contributed by atoms with Gasteiger partial charge >= 0.3 is 5.97 Å². The number of aliphatic carboxylic acids is 1. The molecule has 0 heterocycles. The van der Waals surface area contributed by atoms with E-state index in [1.54, 1.807) is 0 Å². The van der Waals surface area contributed by atoms with E-state index in [-0.39, 0.29) is 21.1 Å². The number of carbonyl (C=O) groups is 1. The predicted molar refractivity (Wildman–Crippen MR) is 50.2 cm³/mol. The van der Waals surface area contributed by atoms with E-state index in [2.05, 4.69) is 6.92 Å². The van der Waals surface area contributed by atoms with Crippen molar-refractivity contribution in [3.05, 3.63) is 0 Å². The van der Waals surface area contributed by atoms with Gasteiger partial charge in [0, 0.05) is 21.1 Å². The topological polar surface area (TPSA) is 37.3 Å². The first-order chi connectivity index (χ1) is 5.63. The molecule has 0 radical (unpaired) electrons. The molecule has 0 aliphatic carbocycles. The van der Waals surface area contributed by atoms with Gasteiger partial charge in [0.15, 0.2) is 0 Å². The maximum Gasteiger partial charge on any atom is 0.309 e. The van der Waals surface area contributed by atoms with Gasteiger partial charge in [0.1, 0.15) is 0 Å². The van der Waals surface area contributed by atoms with Crippen LogP contribution in [0.2, 0.25) is 0 Å². The zero-order chi connectivity index (χ0) is 9.61. The molecule has 0 aliphatic rings. The molecule has 0 aliphatic heterocycles. The van der Waals surface area contributed by atoms with Gasteiger partial charge in [-0.25, -0.2) is 0 Å². The van der Waals surface area contributed by atoms with Crippen molar-refractivity contribution in [3.8, 4) is 0 Å². The normalized spacial score (nSPS) is 10.7. The summed E-state index contributed by atoms with van der Waals surface area (Å²) in [4.78, 5) is 11.0. The van der Waals surface area contributed by atoms with Crippen LogP contribution in [0.1, 0.15) is 52.9 Å². The first-order valence-electron chi connectivity index (χ1n) is 4.86. The fourth-order valence-electron chi connectivity index (χ4n) is 1.53. The van der Waals surface area contributed by atoms with Crippen LogP contribution >= 0.6 is 0 Å². The molecule has 2 nitrogen and oxygen atoms in total. The average molecular weight is 367 g/mol. The molecule has 0 fully saturated rings. The third kappa shape index (κ3) is 4.26. The van der Waals surface area contributed by atoms with Crippen LogP contribution in [-0.2, 0) is 25.9 Å². The van der Waals surface area contributed by atoms with Crippen molar-refractivity contribution in [2.75, 3.05) is 0 Å². The van der Waals surface area contributed by atoms with Gasteiger partial charge in [-0.15, -0.1) is 0 Å². The summed E-state index contributed by atoms with van der Waals surface area (Å²) in [7, 11) is 0. The summed E-state index contributed by atoms with van der Waals surface area (Å²) in [6.07, 6.45) is 4.42. The number of carboxylic acids is 1. The molecule has 0 aromatic rings. The van der Waals surface area contributed by atoms with Crippen molar-refractivity contribution in [2.24, 2.45) is 5.41 Å². The van der Waals surface area contributed by atoms with E-state index in [1.165, 1.54) is 0 Å². The van der Waals surface area contributed by atoms with Gasteiger partial charge in [-0.05, 0) is 19.3 Å². The molecule has 3 heteroatoms. The molecule has 0 atom stereocenters. The molecule has 0 aromatic heterocycles. The molecule has 0 saturated carbocycles. The molecule has 0 saturated heterocycles. The Hall–Kier alpha value is 0.158. The molecule has 0 spiro atoms. The molecule has 82 valence electrons. The Balaban J connectivity index is 0. The van der Waals surface area contributed by atoms with Gasteiger partial charge in [0.25, 0.3) is 0 Å². The van der Waals surface area contributed by atoms with Gasteiger partial charge < -0.3 is 5.11 Å². The minimum atomic E-state index is -0.624. The molecule has 0 amide bonds. The van der Waals surface area contributed by atoms with Crippen LogP contribution in [0.3, 0.4) is 0 Å². The number of hydrogen-bond donors (Lipinski definition) is 1. The van der Waals surface area contributed by atoms with Crippen LogP contribution in [0.25, 0.3) is 0 Å². The Kier molecular flexibility index (Phi) is 9.08. The van der Waals surface area contributed by atoms with E-state index in [0.717, 1.165) is 32.1 Å². The number of carboxylic acid groups (broad SMARTS) is 1. The van der Waals surface area contributed by atoms with E-state index in [1.807, 2.05) is 13.8 Å². The quantitative estimate of drug-likeness (QED) is 0.784. The molecule has 0 aromatic carbocycles. The van der Waals surface area contributed by atoms with Crippen molar-refractivity contribution >= 4 is 5.97 Å². The van der Waals surface area contributed by atoms with E-state index in [4.69, 9.17) is 5.11 Å². The third-order valence-corrected chi connectivity index (χ3v) is 2.82. The molecule has 13 heavy (non-hydrogen) atoms. The minimum absolute atomic E-state index is 0. The summed E-state index contributed by atoms with van der Waals surface area (Å²) >= 11 is 0. The van der Waals surface area contributed by atoms with Gasteiger partial charge in [0.05, 0.1) is 5.41 Å². The van der Waals surface area contributed by atoms with Crippen LogP contribution in [0.15, 0.2) is 0 Å². The van der Waals surface area contributed by atoms with Crippen LogP contribution in [0, 0.1) is 5.41 Å². The standard InChI is InChI=1S/C10H20O2.Pt/c1-4-7-8-10(5-2,6-3)9(11)12;/h4-8H2,1-3H3,(H,11,12);. The second-order valence-electron chi connectivity index (χ2n) is 3.40. The Bertz CT molecular complexity index is 142. The first kappa shape index (κ1) is 15.6. The monoisotopic (exact) mass is 367 g/mol. The van der Waals surface area contributed by atoms with E-state index >= 15 is 0 Å². The van der Waals surface area contributed by atoms with Gasteiger partial charge in [0.2, 0.25) is 0 Å². The van der Waals surface area contributed by atoms with E-state index in [0.29, 0.717) is 0 Å². The molecule has 0 unspecified atom stereocenters. The molecule has 0 rings (SSSR count). The van der Waals surface area contributed by atoms with Crippen molar-refractivity contribution < 1.29 is 31.0 Å². The second-order valence-corrected chi connectivity index (χ2v) is 3.40. The summed E-state index contributed by atoms with van der Waals surface area (Å²) in [5.74, 6) is -0.624. The maximum atomic E-state index is 11.0. The number of hydrogen-bond acceptors (Lipinski definition) is 1. The first-order valence-corrected chi connectivity index (χ1v) is 4.86. The molecular weight excluding hydrogens is 347 g/mol. The summed E-state index contributed by atoms with van der Waals surface area (Å²) in [5, 5.41) is 9.05. The van der Waals surface area contributed by atoms with Crippen molar-refractivity contribution in [3.63, 3.8) is 0 Å². The third-order valence-electron chi connectivity index (χ3n) is 2.82. The van der Waals surface area contributed by atoms with Crippen molar-refractivity contribution in [1.29, 1.82) is 0 Å². The molecule has 0 bridgehead atoms. The predicted octanol–water partition coefficient (Wildman–Crippen LogP) is 3.07. The Morgan fingerprint density at radius 2 is 1.69 bits per heavy atom. The average Bonchev–Trinajstić information content (AvgIpc) is 2.07.